The molecule has 4 nitrogen and oxygen atoms in total. The molecule has 0 bridgehead atoms. The zero-order chi connectivity index (χ0) is 8.55. The molecule has 0 atom stereocenters. The average Bonchev–Trinajstić information content (AvgIpc) is 2.49. The van der Waals surface area contributed by atoms with Crippen LogP contribution in [0.25, 0.3) is 0 Å². The van der Waals surface area contributed by atoms with E-state index in [1.807, 2.05) is 6.07 Å². The van der Waals surface area contributed by atoms with Gasteiger partial charge in [-0.3, -0.25) is 4.79 Å². The highest BCUT2D eigenvalue weighted by molar-refractivity contribution is 5.28. The smallest absolute Gasteiger partial charge is 0.252 e. The summed E-state index contributed by atoms with van der Waals surface area (Å²) >= 11 is 0. The molecule has 4 N–H and O–H groups in total. The van der Waals surface area contributed by atoms with Crippen molar-refractivity contribution >= 4 is 0 Å². The van der Waals surface area contributed by atoms with Crippen molar-refractivity contribution in [2.24, 2.45) is 5.73 Å². The molecule has 0 radical (unpaired) electrons. The van der Waals surface area contributed by atoms with Gasteiger partial charge in [-0.1, -0.05) is 0 Å². The van der Waals surface area contributed by atoms with Gasteiger partial charge >= 0.3 is 0 Å². The average molecular weight is 165 g/mol. The monoisotopic (exact) mass is 165 g/mol. The Kier molecular flexibility index (Phi) is 1.71. The lowest BCUT2D eigenvalue weighted by atomic mass is 10.1. The number of aromatic nitrogens is 1. The first kappa shape index (κ1) is 7.52. The largest absolute Gasteiger partial charge is 0.326 e. The van der Waals surface area contributed by atoms with Crippen molar-refractivity contribution < 1.29 is 0 Å². The molecule has 0 saturated heterocycles. The number of H-pyrrole nitrogens is 1. The lowest BCUT2D eigenvalue weighted by Crippen LogP contribution is -2.17. The molecule has 1 aromatic rings. The molecular weight excluding hydrogens is 154 g/mol. The maximum atomic E-state index is 11.2. The van der Waals surface area contributed by atoms with Gasteiger partial charge in [-0.05, 0) is 11.6 Å². The predicted octanol–water partition coefficient (Wildman–Crippen LogP) is -0.563. The quantitative estimate of drug-likeness (QED) is 0.522. The van der Waals surface area contributed by atoms with Crippen LogP contribution in [0.4, 0.5) is 0 Å². The van der Waals surface area contributed by atoms with Crippen LogP contribution in [0.3, 0.4) is 0 Å². The van der Waals surface area contributed by atoms with E-state index >= 15 is 0 Å². The Hall–Kier alpha value is -1.13. The maximum Gasteiger partial charge on any atom is 0.252 e. The second-order valence-corrected chi connectivity index (χ2v) is 2.94. The molecular formula is C8H11N3O. The number of nitrogens with one attached hydrogen (secondary N) is 2. The van der Waals surface area contributed by atoms with Crippen LogP contribution in [0.15, 0.2) is 10.9 Å². The highest BCUT2D eigenvalue weighted by atomic mass is 16.1. The summed E-state index contributed by atoms with van der Waals surface area (Å²) in [6.07, 6.45) is 0. The Balaban J connectivity index is 2.57. The molecule has 64 valence electrons. The molecule has 1 aromatic heterocycles. The molecule has 2 rings (SSSR count). The maximum absolute atomic E-state index is 11.2. The summed E-state index contributed by atoms with van der Waals surface area (Å²) in [7, 11) is 0. The summed E-state index contributed by atoms with van der Waals surface area (Å²) in [5.74, 6) is 0. The van der Waals surface area contributed by atoms with E-state index in [1.165, 1.54) is 0 Å². The number of fused-ring (bicyclic) bond motifs is 1. The van der Waals surface area contributed by atoms with Crippen LogP contribution >= 0.6 is 0 Å². The van der Waals surface area contributed by atoms with Crippen molar-refractivity contribution in [1.82, 2.24) is 10.3 Å². The zero-order valence-electron chi connectivity index (χ0n) is 6.68. The standard InChI is InChI=1S/C8H11N3O/c9-2-5-1-6-3-10-4-7(6)11-8(5)12/h1,10H,2-4,9H2,(H,11,12). The van der Waals surface area contributed by atoms with Gasteiger partial charge in [-0.25, -0.2) is 0 Å². The summed E-state index contributed by atoms with van der Waals surface area (Å²) < 4.78 is 0. The number of hydrogen-bond acceptors (Lipinski definition) is 3. The number of pyridine rings is 1. The van der Waals surface area contributed by atoms with Gasteiger partial charge < -0.3 is 16.0 Å². The van der Waals surface area contributed by atoms with Gasteiger partial charge in [0, 0.05) is 30.9 Å². The second-order valence-electron chi connectivity index (χ2n) is 2.94. The summed E-state index contributed by atoms with van der Waals surface area (Å²) in [5.41, 5.74) is 8.17. The van der Waals surface area contributed by atoms with Crippen molar-refractivity contribution in [2.45, 2.75) is 19.6 Å². The van der Waals surface area contributed by atoms with Gasteiger partial charge in [0.25, 0.3) is 5.56 Å². The molecule has 0 unspecified atom stereocenters. The Morgan fingerprint density at radius 3 is 3.08 bits per heavy atom. The fourth-order valence-corrected chi connectivity index (χ4v) is 1.45. The fourth-order valence-electron chi connectivity index (χ4n) is 1.45. The minimum absolute atomic E-state index is 0.0556. The lowest BCUT2D eigenvalue weighted by Gasteiger charge is -1.99. The van der Waals surface area contributed by atoms with E-state index in [2.05, 4.69) is 10.3 Å². The Labute approximate surface area is 69.8 Å². The topological polar surface area (TPSA) is 70.9 Å². The van der Waals surface area contributed by atoms with Gasteiger partial charge in [-0.15, -0.1) is 0 Å². The molecule has 0 fully saturated rings. The van der Waals surface area contributed by atoms with E-state index in [4.69, 9.17) is 5.73 Å². The minimum atomic E-state index is -0.0556. The van der Waals surface area contributed by atoms with E-state index in [0.717, 1.165) is 24.3 Å². The predicted molar refractivity (Wildman–Crippen MR) is 45.5 cm³/mol. The van der Waals surface area contributed by atoms with Crippen LogP contribution in [-0.2, 0) is 19.6 Å². The Bertz CT molecular complexity index is 356. The number of rotatable bonds is 1. The molecule has 0 saturated carbocycles. The summed E-state index contributed by atoms with van der Waals surface area (Å²) in [5, 5.41) is 3.16. The third-order valence-electron chi connectivity index (χ3n) is 2.13. The first-order valence-electron chi connectivity index (χ1n) is 3.96. The Morgan fingerprint density at radius 2 is 2.33 bits per heavy atom. The molecule has 1 aliphatic rings. The van der Waals surface area contributed by atoms with Crippen molar-refractivity contribution in [2.75, 3.05) is 0 Å². The van der Waals surface area contributed by atoms with Crippen molar-refractivity contribution in [1.29, 1.82) is 0 Å². The third-order valence-corrected chi connectivity index (χ3v) is 2.13. The van der Waals surface area contributed by atoms with E-state index in [9.17, 15) is 4.79 Å². The first-order valence-corrected chi connectivity index (χ1v) is 3.96. The van der Waals surface area contributed by atoms with Gasteiger partial charge in [0.05, 0.1) is 0 Å². The van der Waals surface area contributed by atoms with Gasteiger partial charge in [-0.2, -0.15) is 0 Å². The zero-order valence-corrected chi connectivity index (χ0v) is 6.68. The third kappa shape index (κ3) is 1.05. The molecule has 0 amide bonds. The fraction of sp³-hybridized carbons (Fsp3) is 0.375. The second kappa shape index (κ2) is 2.73. The normalized spacial score (nSPS) is 14.8. The van der Waals surface area contributed by atoms with Crippen molar-refractivity contribution in [3.63, 3.8) is 0 Å². The van der Waals surface area contributed by atoms with E-state index in [0.29, 0.717) is 12.1 Å². The van der Waals surface area contributed by atoms with Gasteiger partial charge in [0.15, 0.2) is 0 Å². The first-order chi connectivity index (χ1) is 5.81. The molecule has 1 aliphatic heterocycles. The Morgan fingerprint density at radius 1 is 1.50 bits per heavy atom. The number of hydrogen-bond donors (Lipinski definition) is 3. The number of nitrogens with two attached hydrogens (primary N) is 1. The van der Waals surface area contributed by atoms with Crippen LogP contribution in [-0.4, -0.2) is 4.98 Å². The summed E-state index contributed by atoms with van der Waals surface area (Å²) in [6.45, 7) is 1.90. The summed E-state index contributed by atoms with van der Waals surface area (Å²) in [4.78, 5) is 14.1. The van der Waals surface area contributed by atoms with E-state index in [-0.39, 0.29) is 5.56 Å². The van der Waals surface area contributed by atoms with Crippen LogP contribution < -0.4 is 16.6 Å². The molecule has 12 heavy (non-hydrogen) atoms. The molecule has 0 aromatic carbocycles. The van der Waals surface area contributed by atoms with Crippen molar-refractivity contribution in [3.05, 3.63) is 33.2 Å². The van der Waals surface area contributed by atoms with Crippen LogP contribution in [0.1, 0.15) is 16.8 Å². The molecule has 0 aliphatic carbocycles. The SMILES string of the molecule is NCc1cc2c([nH]c1=O)CNC2. The number of aromatic amines is 1. The molecule has 4 heteroatoms. The lowest BCUT2D eigenvalue weighted by molar-refractivity contribution is 0.757. The highest BCUT2D eigenvalue weighted by Gasteiger charge is 2.12. The molecule has 0 spiro atoms. The van der Waals surface area contributed by atoms with E-state index < -0.39 is 0 Å². The molecule has 2 heterocycles. The van der Waals surface area contributed by atoms with Crippen LogP contribution in [0.2, 0.25) is 0 Å². The minimum Gasteiger partial charge on any atom is -0.326 e. The van der Waals surface area contributed by atoms with Gasteiger partial charge in [0.2, 0.25) is 0 Å². The van der Waals surface area contributed by atoms with Crippen molar-refractivity contribution in [3.8, 4) is 0 Å². The highest BCUT2D eigenvalue weighted by Crippen LogP contribution is 2.10. The van der Waals surface area contributed by atoms with E-state index in [1.54, 1.807) is 0 Å². The summed E-state index contributed by atoms with van der Waals surface area (Å²) in [6, 6.07) is 1.88. The van der Waals surface area contributed by atoms with Crippen LogP contribution in [0.5, 0.6) is 0 Å². The van der Waals surface area contributed by atoms with Crippen LogP contribution in [0, 0.1) is 0 Å². The van der Waals surface area contributed by atoms with Gasteiger partial charge in [0.1, 0.15) is 0 Å².